The zero-order valence-corrected chi connectivity index (χ0v) is 16.5. The van der Waals surface area contributed by atoms with Crippen molar-refractivity contribution in [3.63, 3.8) is 0 Å². The van der Waals surface area contributed by atoms with Gasteiger partial charge in [-0.05, 0) is 64.5 Å². The lowest BCUT2D eigenvalue weighted by molar-refractivity contribution is 0.334. The molecule has 0 saturated heterocycles. The first-order valence-corrected chi connectivity index (χ1v) is 10.4. The maximum Gasteiger partial charge on any atom is 0.315 e. The minimum absolute atomic E-state index is 0.215. The molecular formula is C19H28N4O2S. The highest BCUT2D eigenvalue weighted by Crippen LogP contribution is 2.27. The van der Waals surface area contributed by atoms with Crippen LogP contribution in [0.2, 0.25) is 0 Å². The average Bonchev–Trinajstić information content (AvgIpc) is 3.09. The van der Waals surface area contributed by atoms with E-state index in [0.29, 0.717) is 23.9 Å². The molecule has 1 heterocycles. The van der Waals surface area contributed by atoms with E-state index < -0.39 is 11.0 Å². The largest absolute Gasteiger partial charge is 0.403 e. The van der Waals surface area contributed by atoms with E-state index in [2.05, 4.69) is 20.2 Å². The van der Waals surface area contributed by atoms with Crippen LogP contribution in [0.3, 0.4) is 0 Å². The maximum atomic E-state index is 12.1. The van der Waals surface area contributed by atoms with Crippen LogP contribution in [0.5, 0.6) is 0 Å². The molecule has 7 heteroatoms. The summed E-state index contributed by atoms with van der Waals surface area (Å²) in [4.78, 5) is 0. The Labute approximate surface area is 157 Å². The van der Waals surface area contributed by atoms with E-state index in [0.717, 1.165) is 37.8 Å². The van der Waals surface area contributed by atoms with Crippen molar-refractivity contribution in [2.24, 2.45) is 5.92 Å². The van der Waals surface area contributed by atoms with Crippen LogP contribution in [0.15, 0.2) is 34.7 Å². The SMILES string of the molecule is CC(C)(C)S(=O)NCC1CCC(Nc2nnc(-c3ccccc3)o2)CC1. The molecule has 1 aliphatic rings. The molecule has 6 nitrogen and oxygen atoms in total. The number of nitrogens with one attached hydrogen (secondary N) is 2. The second kappa shape index (κ2) is 8.31. The third-order valence-corrected chi connectivity index (χ3v) is 6.22. The van der Waals surface area contributed by atoms with E-state index in [1.54, 1.807) is 0 Å². The summed E-state index contributed by atoms with van der Waals surface area (Å²) in [6, 6.07) is 10.6. The minimum atomic E-state index is -0.994. The predicted octanol–water partition coefficient (Wildman–Crippen LogP) is 3.76. The molecule has 1 unspecified atom stereocenters. The highest BCUT2D eigenvalue weighted by molar-refractivity contribution is 7.84. The van der Waals surface area contributed by atoms with Crippen LogP contribution in [-0.4, -0.2) is 31.7 Å². The molecule has 142 valence electrons. The Morgan fingerprint density at radius 1 is 1.12 bits per heavy atom. The number of aromatic nitrogens is 2. The number of rotatable bonds is 6. The number of nitrogens with zero attached hydrogens (tertiary/aromatic N) is 2. The van der Waals surface area contributed by atoms with Crippen molar-refractivity contribution in [3.05, 3.63) is 30.3 Å². The number of benzene rings is 1. The smallest absolute Gasteiger partial charge is 0.315 e. The van der Waals surface area contributed by atoms with Gasteiger partial charge in [-0.25, -0.2) is 8.93 Å². The van der Waals surface area contributed by atoms with Gasteiger partial charge < -0.3 is 9.73 Å². The second-order valence-corrected chi connectivity index (χ2v) is 9.92. The maximum absolute atomic E-state index is 12.1. The van der Waals surface area contributed by atoms with Gasteiger partial charge in [0.2, 0.25) is 5.89 Å². The van der Waals surface area contributed by atoms with Crippen molar-refractivity contribution in [3.8, 4) is 11.5 Å². The molecule has 2 N–H and O–H groups in total. The molecule has 1 aliphatic carbocycles. The zero-order valence-electron chi connectivity index (χ0n) is 15.7. The van der Waals surface area contributed by atoms with Crippen molar-refractivity contribution in [2.45, 2.75) is 57.2 Å². The van der Waals surface area contributed by atoms with Gasteiger partial charge in [0, 0.05) is 18.2 Å². The lowest BCUT2D eigenvalue weighted by atomic mass is 9.86. The molecule has 0 amide bonds. The lowest BCUT2D eigenvalue weighted by Crippen LogP contribution is -2.37. The van der Waals surface area contributed by atoms with E-state index in [-0.39, 0.29) is 4.75 Å². The van der Waals surface area contributed by atoms with Crippen molar-refractivity contribution < 1.29 is 8.63 Å². The third-order valence-electron chi connectivity index (χ3n) is 4.68. The molecule has 0 radical (unpaired) electrons. The van der Waals surface area contributed by atoms with Crippen LogP contribution in [-0.2, 0) is 11.0 Å². The van der Waals surface area contributed by atoms with Gasteiger partial charge >= 0.3 is 6.01 Å². The van der Waals surface area contributed by atoms with Crippen LogP contribution in [0.1, 0.15) is 46.5 Å². The Morgan fingerprint density at radius 2 is 1.81 bits per heavy atom. The van der Waals surface area contributed by atoms with Gasteiger partial charge in [0.05, 0.1) is 15.7 Å². The Hall–Kier alpha value is -1.73. The summed E-state index contributed by atoms with van der Waals surface area (Å²) in [5.41, 5.74) is 0.926. The molecule has 0 aliphatic heterocycles. The normalized spacial score (nSPS) is 22.1. The van der Waals surface area contributed by atoms with Crippen LogP contribution in [0, 0.1) is 5.92 Å². The van der Waals surface area contributed by atoms with Crippen molar-refractivity contribution in [2.75, 3.05) is 11.9 Å². The Kier molecular flexibility index (Phi) is 6.09. The molecular weight excluding hydrogens is 348 g/mol. The summed E-state index contributed by atoms with van der Waals surface area (Å²) >= 11 is 0. The second-order valence-electron chi connectivity index (χ2n) is 7.87. The summed E-state index contributed by atoms with van der Waals surface area (Å²) < 4.78 is 20.8. The minimum Gasteiger partial charge on any atom is -0.403 e. The molecule has 0 spiro atoms. The van der Waals surface area contributed by atoms with Gasteiger partial charge in [0.25, 0.3) is 0 Å². The predicted molar refractivity (Wildman–Crippen MR) is 105 cm³/mol. The first-order chi connectivity index (χ1) is 12.4. The standard InChI is InChI=1S/C19H28N4O2S/c1-19(2,3)26(24)20-13-14-9-11-16(12-10-14)21-18-23-22-17(25-18)15-7-5-4-6-8-15/h4-8,14,16,20H,9-13H2,1-3H3,(H,21,23). The monoisotopic (exact) mass is 376 g/mol. The molecule has 1 atom stereocenters. The Bertz CT molecular complexity index is 719. The highest BCUT2D eigenvalue weighted by Gasteiger charge is 2.25. The fraction of sp³-hybridized carbons (Fsp3) is 0.579. The highest BCUT2D eigenvalue weighted by atomic mass is 32.2. The zero-order chi connectivity index (χ0) is 18.6. The van der Waals surface area contributed by atoms with Gasteiger partial charge in [0.1, 0.15) is 0 Å². The molecule has 1 aromatic carbocycles. The van der Waals surface area contributed by atoms with Crippen LogP contribution >= 0.6 is 0 Å². The third kappa shape index (κ3) is 5.14. The summed E-state index contributed by atoms with van der Waals surface area (Å²) in [5, 5.41) is 11.6. The summed E-state index contributed by atoms with van der Waals surface area (Å²) in [6.07, 6.45) is 4.31. The Morgan fingerprint density at radius 3 is 2.46 bits per heavy atom. The first-order valence-electron chi connectivity index (χ1n) is 9.22. The van der Waals surface area contributed by atoms with Crippen molar-refractivity contribution in [1.82, 2.24) is 14.9 Å². The molecule has 2 aromatic rings. The fourth-order valence-electron chi connectivity index (χ4n) is 3.07. The van der Waals surface area contributed by atoms with Gasteiger partial charge in [-0.1, -0.05) is 23.3 Å². The molecule has 0 bridgehead atoms. The number of hydrogen-bond donors (Lipinski definition) is 2. The Balaban J connectivity index is 1.45. The van der Waals surface area contributed by atoms with Crippen molar-refractivity contribution in [1.29, 1.82) is 0 Å². The first kappa shape index (κ1) is 19.0. The van der Waals surface area contributed by atoms with Gasteiger partial charge in [-0.15, -0.1) is 5.10 Å². The van der Waals surface area contributed by atoms with Gasteiger partial charge in [0.15, 0.2) is 0 Å². The van der Waals surface area contributed by atoms with Gasteiger partial charge in [-0.2, -0.15) is 0 Å². The van der Waals surface area contributed by atoms with Crippen LogP contribution in [0.25, 0.3) is 11.5 Å². The van der Waals surface area contributed by atoms with E-state index in [1.165, 1.54) is 0 Å². The topological polar surface area (TPSA) is 80.0 Å². The molecule has 3 rings (SSSR count). The van der Waals surface area contributed by atoms with Gasteiger partial charge in [-0.3, -0.25) is 0 Å². The number of anilines is 1. The van der Waals surface area contributed by atoms with E-state index in [9.17, 15) is 4.21 Å². The summed E-state index contributed by atoms with van der Waals surface area (Å²) in [6.45, 7) is 6.79. The molecule has 26 heavy (non-hydrogen) atoms. The molecule has 1 saturated carbocycles. The van der Waals surface area contributed by atoms with Crippen LogP contribution < -0.4 is 10.0 Å². The molecule has 1 fully saturated rings. The quantitative estimate of drug-likeness (QED) is 0.802. The fourth-order valence-corrected chi connectivity index (χ4v) is 3.89. The van der Waals surface area contributed by atoms with Crippen LogP contribution in [0.4, 0.5) is 6.01 Å². The van der Waals surface area contributed by atoms with E-state index in [4.69, 9.17) is 4.42 Å². The average molecular weight is 377 g/mol. The van der Waals surface area contributed by atoms with E-state index in [1.807, 2.05) is 51.1 Å². The lowest BCUT2D eigenvalue weighted by Gasteiger charge is -2.29. The van der Waals surface area contributed by atoms with E-state index >= 15 is 0 Å². The summed E-state index contributed by atoms with van der Waals surface area (Å²) in [7, 11) is -0.994. The van der Waals surface area contributed by atoms with Crippen molar-refractivity contribution >= 4 is 17.0 Å². The molecule has 1 aromatic heterocycles. The summed E-state index contributed by atoms with van der Waals surface area (Å²) in [5.74, 6) is 1.11. The number of hydrogen-bond acceptors (Lipinski definition) is 5.